The molecule has 26 heavy (non-hydrogen) atoms. The number of anilines is 1. The Labute approximate surface area is 149 Å². The highest BCUT2D eigenvalue weighted by atomic mass is 19.1. The van der Waals surface area contributed by atoms with Gasteiger partial charge in [0.1, 0.15) is 11.6 Å². The van der Waals surface area contributed by atoms with Crippen LogP contribution >= 0.6 is 0 Å². The first kappa shape index (κ1) is 17.5. The molecule has 3 aromatic rings. The molecule has 0 atom stereocenters. The molecule has 0 unspecified atom stereocenters. The molecule has 0 aliphatic heterocycles. The number of halogens is 2. The smallest absolute Gasteiger partial charge is 0.248 e. The Kier molecular flexibility index (Phi) is 4.93. The van der Waals surface area contributed by atoms with E-state index < -0.39 is 17.5 Å². The van der Waals surface area contributed by atoms with Gasteiger partial charge in [0.25, 0.3) is 0 Å². The molecule has 0 spiro atoms. The summed E-state index contributed by atoms with van der Waals surface area (Å²) in [5.74, 6) is -1.94. The molecule has 0 aliphatic carbocycles. The van der Waals surface area contributed by atoms with Crippen LogP contribution in [0.15, 0.2) is 54.6 Å². The van der Waals surface area contributed by atoms with Crippen molar-refractivity contribution in [2.45, 2.75) is 13.8 Å². The Morgan fingerprint density at radius 1 is 1.04 bits per heavy atom. The van der Waals surface area contributed by atoms with Crippen molar-refractivity contribution in [3.05, 3.63) is 83.2 Å². The second kappa shape index (κ2) is 7.31. The van der Waals surface area contributed by atoms with Crippen molar-refractivity contribution in [2.24, 2.45) is 0 Å². The van der Waals surface area contributed by atoms with Crippen molar-refractivity contribution < 1.29 is 13.6 Å². The zero-order valence-electron chi connectivity index (χ0n) is 14.3. The molecule has 0 fully saturated rings. The van der Waals surface area contributed by atoms with Crippen LogP contribution in [0.2, 0.25) is 0 Å². The molecule has 0 saturated carbocycles. The third kappa shape index (κ3) is 3.54. The van der Waals surface area contributed by atoms with E-state index in [4.69, 9.17) is 0 Å². The molecule has 1 N–H and O–H groups in total. The highest BCUT2D eigenvalue weighted by Crippen LogP contribution is 2.23. The largest absolute Gasteiger partial charge is 0.319 e. The van der Waals surface area contributed by atoms with Crippen molar-refractivity contribution in [3.8, 4) is 5.69 Å². The zero-order valence-corrected chi connectivity index (χ0v) is 14.3. The van der Waals surface area contributed by atoms with Gasteiger partial charge in [-0.25, -0.2) is 13.5 Å². The van der Waals surface area contributed by atoms with E-state index in [0.29, 0.717) is 11.4 Å². The minimum Gasteiger partial charge on any atom is -0.319 e. The van der Waals surface area contributed by atoms with Gasteiger partial charge in [0.05, 0.1) is 22.8 Å². The molecule has 0 bridgehead atoms. The Hall–Kier alpha value is -3.28. The van der Waals surface area contributed by atoms with Gasteiger partial charge >= 0.3 is 0 Å². The van der Waals surface area contributed by atoms with Crippen LogP contribution in [-0.4, -0.2) is 15.7 Å². The summed E-state index contributed by atoms with van der Waals surface area (Å²) in [5.41, 5.74) is 2.59. The van der Waals surface area contributed by atoms with E-state index in [-0.39, 0.29) is 5.56 Å². The second-order valence-electron chi connectivity index (χ2n) is 5.75. The van der Waals surface area contributed by atoms with Gasteiger partial charge in [-0.2, -0.15) is 5.10 Å². The number of nitrogens with one attached hydrogen (secondary N) is 1. The van der Waals surface area contributed by atoms with Crippen LogP contribution in [0.1, 0.15) is 17.0 Å². The van der Waals surface area contributed by atoms with Gasteiger partial charge in [-0.1, -0.05) is 24.3 Å². The van der Waals surface area contributed by atoms with Crippen LogP contribution in [-0.2, 0) is 4.79 Å². The van der Waals surface area contributed by atoms with Gasteiger partial charge in [0.15, 0.2) is 0 Å². The van der Waals surface area contributed by atoms with E-state index in [9.17, 15) is 13.6 Å². The standard InChI is InChI=1S/C20H17F2N3O/c1-13-20(14(2)25(24-13)15-7-4-3-5-8-15)23-19(26)12-11-16-17(21)9-6-10-18(16)22/h3-12H,1-2H3,(H,23,26). The monoisotopic (exact) mass is 353 g/mol. The number of hydrogen-bond donors (Lipinski definition) is 1. The molecule has 1 amide bonds. The van der Waals surface area contributed by atoms with Gasteiger partial charge < -0.3 is 5.32 Å². The fourth-order valence-electron chi connectivity index (χ4n) is 2.64. The summed E-state index contributed by atoms with van der Waals surface area (Å²) in [5, 5.41) is 7.16. The lowest BCUT2D eigenvalue weighted by Crippen LogP contribution is -2.09. The fraction of sp³-hybridized carbons (Fsp3) is 0.100. The van der Waals surface area contributed by atoms with Crippen LogP contribution in [0.4, 0.5) is 14.5 Å². The molecule has 2 aromatic carbocycles. The number of amides is 1. The molecule has 1 aromatic heterocycles. The van der Waals surface area contributed by atoms with E-state index in [1.165, 1.54) is 6.07 Å². The Bertz CT molecular complexity index is 958. The summed E-state index contributed by atoms with van der Waals surface area (Å²) in [7, 11) is 0. The number of aryl methyl sites for hydroxylation is 1. The van der Waals surface area contributed by atoms with Gasteiger partial charge in [-0.05, 0) is 44.2 Å². The van der Waals surface area contributed by atoms with E-state index in [1.807, 2.05) is 37.3 Å². The van der Waals surface area contributed by atoms with Crippen LogP contribution < -0.4 is 5.32 Å². The molecule has 0 saturated heterocycles. The third-order valence-corrected chi connectivity index (χ3v) is 3.94. The lowest BCUT2D eigenvalue weighted by molar-refractivity contribution is -0.111. The first-order valence-corrected chi connectivity index (χ1v) is 8.02. The van der Waals surface area contributed by atoms with Crippen molar-refractivity contribution in [3.63, 3.8) is 0 Å². The topological polar surface area (TPSA) is 46.9 Å². The maximum absolute atomic E-state index is 13.6. The minimum absolute atomic E-state index is 0.254. The quantitative estimate of drug-likeness (QED) is 0.706. The minimum atomic E-state index is -0.724. The third-order valence-electron chi connectivity index (χ3n) is 3.94. The number of carbonyl (C=O) groups excluding carboxylic acids is 1. The molecular weight excluding hydrogens is 336 g/mol. The van der Waals surface area contributed by atoms with Crippen molar-refractivity contribution >= 4 is 17.7 Å². The molecule has 1 heterocycles. The summed E-state index contributed by atoms with van der Waals surface area (Å²) in [6.07, 6.45) is 2.21. The Morgan fingerprint density at radius 2 is 1.69 bits per heavy atom. The Morgan fingerprint density at radius 3 is 2.35 bits per heavy atom. The first-order chi connectivity index (χ1) is 12.5. The second-order valence-corrected chi connectivity index (χ2v) is 5.75. The molecule has 6 heteroatoms. The van der Waals surface area contributed by atoms with Crippen molar-refractivity contribution in [1.29, 1.82) is 0 Å². The van der Waals surface area contributed by atoms with Gasteiger partial charge in [0.2, 0.25) is 5.91 Å². The highest BCUT2D eigenvalue weighted by molar-refractivity contribution is 6.02. The van der Waals surface area contributed by atoms with Gasteiger partial charge in [-0.15, -0.1) is 0 Å². The molecule has 0 radical (unpaired) electrons. The molecule has 132 valence electrons. The zero-order chi connectivity index (χ0) is 18.7. The number of carbonyl (C=O) groups is 1. The number of para-hydroxylation sites is 1. The molecule has 0 aliphatic rings. The van der Waals surface area contributed by atoms with Crippen LogP contribution in [0.3, 0.4) is 0 Å². The summed E-state index contributed by atoms with van der Waals surface area (Å²) in [6.45, 7) is 3.62. The van der Waals surface area contributed by atoms with Crippen LogP contribution in [0, 0.1) is 25.5 Å². The van der Waals surface area contributed by atoms with Crippen molar-refractivity contribution in [2.75, 3.05) is 5.32 Å². The normalized spacial score (nSPS) is 11.1. The number of rotatable bonds is 4. The summed E-state index contributed by atoms with van der Waals surface area (Å²) >= 11 is 0. The number of hydrogen-bond acceptors (Lipinski definition) is 2. The first-order valence-electron chi connectivity index (χ1n) is 8.02. The lowest BCUT2D eigenvalue weighted by Gasteiger charge is -2.05. The molecule has 3 rings (SSSR count). The van der Waals surface area contributed by atoms with E-state index in [0.717, 1.165) is 35.7 Å². The summed E-state index contributed by atoms with van der Waals surface area (Å²) < 4.78 is 28.9. The Balaban J connectivity index is 1.82. The summed E-state index contributed by atoms with van der Waals surface area (Å²) in [4.78, 5) is 12.2. The maximum atomic E-state index is 13.6. The highest BCUT2D eigenvalue weighted by Gasteiger charge is 2.14. The number of benzene rings is 2. The van der Waals surface area contributed by atoms with Crippen LogP contribution in [0.5, 0.6) is 0 Å². The average Bonchev–Trinajstić information content (AvgIpc) is 2.90. The van der Waals surface area contributed by atoms with Gasteiger partial charge in [0, 0.05) is 11.6 Å². The maximum Gasteiger partial charge on any atom is 0.248 e. The van der Waals surface area contributed by atoms with Gasteiger partial charge in [-0.3, -0.25) is 4.79 Å². The SMILES string of the molecule is Cc1nn(-c2ccccc2)c(C)c1NC(=O)C=Cc1c(F)cccc1F. The lowest BCUT2D eigenvalue weighted by atomic mass is 10.2. The van der Waals surface area contributed by atoms with E-state index in [2.05, 4.69) is 10.4 Å². The molecular formula is C20H17F2N3O. The average molecular weight is 353 g/mol. The number of aromatic nitrogens is 2. The van der Waals surface area contributed by atoms with E-state index in [1.54, 1.807) is 11.6 Å². The predicted octanol–water partition coefficient (Wildman–Crippen LogP) is 4.42. The van der Waals surface area contributed by atoms with Crippen LogP contribution in [0.25, 0.3) is 11.8 Å². The summed E-state index contributed by atoms with van der Waals surface area (Å²) in [6, 6.07) is 13.1. The predicted molar refractivity (Wildman–Crippen MR) is 97.1 cm³/mol. The fourth-order valence-corrected chi connectivity index (χ4v) is 2.64. The van der Waals surface area contributed by atoms with E-state index >= 15 is 0 Å². The van der Waals surface area contributed by atoms with Crippen molar-refractivity contribution in [1.82, 2.24) is 9.78 Å². The molecule has 4 nitrogen and oxygen atoms in total. The number of nitrogens with zero attached hydrogens (tertiary/aromatic N) is 2.